The molecule has 0 aliphatic rings. The molecular weight excluding hydrogens is 659 g/mol. The van der Waals surface area contributed by atoms with Gasteiger partial charge in [-0.3, -0.25) is 14.4 Å². The Labute approximate surface area is 299 Å². The van der Waals surface area contributed by atoms with Crippen LogP contribution in [0.25, 0.3) is 16.8 Å². The van der Waals surface area contributed by atoms with Crippen LogP contribution in [0, 0.1) is 6.92 Å². The summed E-state index contributed by atoms with van der Waals surface area (Å²) in [7, 11) is 0. The molecule has 8 nitrogen and oxygen atoms in total. The Balaban J connectivity index is 1.27. The van der Waals surface area contributed by atoms with Crippen molar-refractivity contribution in [2.75, 3.05) is 10.6 Å². The van der Waals surface area contributed by atoms with Crippen molar-refractivity contribution < 1.29 is 24.3 Å². The van der Waals surface area contributed by atoms with Gasteiger partial charge in [0.15, 0.2) is 0 Å². The molecule has 0 spiro atoms. The number of hydrogen-bond acceptors (Lipinski definition) is 5. The Kier molecular flexibility index (Phi) is 10.7. The first-order valence-corrected chi connectivity index (χ1v) is 17.0. The van der Waals surface area contributed by atoms with Gasteiger partial charge in [-0.1, -0.05) is 103 Å². The van der Waals surface area contributed by atoms with Crippen LogP contribution in [0.15, 0.2) is 156 Å². The van der Waals surface area contributed by atoms with Gasteiger partial charge in [-0.2, -0.15) is 0 Å². The van der Waals surface area contributed by atoms with Crippen molar-refractivity contribution in [3.05, 3.63) is 179 Å². The molecule has 0 aliphatic carbocycles. The van der Waals surface area contributed by atoms with E-state index in [1.165, 1.54) is 23.9 Å². The molecule has 0 bridgehead atoms. The number of amides is 3. The van der Waals surface area contributed by atoms with Gasteiger partial charge in [-0.05, 0) is 82.9 Å². The van der Waals surface area contributed by atoms with Crippen LogP contribution in [-0.2, 0) is 9.59 Å². The van der Waals surface area contributed by atoms with E-state index in [2.05, 4.69) is 16.0 Å². The third kappa shape index (κ3) is 8.59. The molecule has 0 saturated carbocycles. The number of aryl methyl sites for hydroxylation is 1. The van der Waals surface area contributed by atoms with E-state index in [9.17, 15) is 24.3 Å². The smallest absolute Gasteiger partial charge is 0.335 e. The molecule has 51 heavy (non-hydrogen) atoms. The lowest BCUT2D eigenvalue weighted by Gasteiger charge is -2.19. The average Bonchev–Trinajstić information content (AvgIpc) is 3.15. The van der Waals surface area contributed by atoms with Crippen molar-refractivity contribution in [1.82, 2.24) is 5.32 Å². The van der Waals surface area contributed by atoms with E-state index in [0.29, 0.717) is 21.8 Å². The van der Waals surface area contributed by atoms with Gasteiger partial charge in [0, 0.05) is 21.8 Å². The van der Waals surface area contributed by atoms with Gasteiger partial charge in [0.25, 0.3) is 11.8 Å². The number of carboxylic acids is 1. The molecule has 1 unspecified atom stereocenters. The fraction of sp³-hybridized carbons (Fsp3) is 0.0476. The fourth-order valence-corrected chi connectivity index (χ4v) is 6.53. The Morgan fingerprint density at radius 2 is 1.37 bits per heavy atom. The van der Waals surface area contributed by atoms with Crippen molar-refractivity contribution in [1.29, 1.82) is 0 Å². The molecule has 9 heteroatoms. The minimum Gasteiger partial charge on any atom is -0.478 e. The Morgan fingerprint density at radius 3 is 2.14 bits per heavy atom. The maximum Gasteiger partial charge on any atom is 0.335 e. The number of thioether (sulfide) groups is 1. The van der Waals surface area contributed by atoms with E-state index >= 15 is 0 Å². The summed E-state index contributed by atoms with van der Waals surface area (Å²) in [4.78, 5) is 53.2. The summed E-state index contributed by atoms with van der Waals surface area (Å²) >= 11 is 1.28. The van der Waals surface area contributed by atoms with Crippen LogP contribution in [0.3, 0.4) is 0 Å². The number of rotatable bonds is 11. The van der Waals surface area contributed by atoms with E-state index in [1.54, 1.807) is 61.5 Å². The van der Waals surface area contributed by atoms with Gasteiger partial charge >= 0.3 is 5.97 Å². The normalized spacial score (nSPS) is 11.7. The van der Waals surface area contributed by atoms with Crippen LogP contribution in [0.5, 0.6) is 0 Å². The predicted octanol–water partition coefficient (Wildman–Crippen LogP) is 8.73. The van der Waals surface area contributed by atoms with Crippen molar-refractivity contribution in [3.63, 3.8) is 0 Å². The zero-order chi connectivity index (χ0) is 35.7. The Bertz CT molecular complexity index is 2270. The van der Waals surface area contributed by atoms with Crippen LogP contribution in [0.2, 0.25) is 0 Å². The zero-order valence-corrected chi connectivity index (χ0v) is 28.3. The number of benzene rings is 6. The first-order chi connectivity index (χ1) is 24.7. The molecule has 6 aromatic rings. The summed E-state index contributed by atoms with van der Waals surface area (Å²) in [6.07, 6.45) is 1.66. The van der Waals surface area contributed by atoms with Crippen LogP contribution in [0.4, 0.5) is 11.4 Å². The molecule has 0 saturated heterocycles. The molecule has 252 valence electrons. The largest absolute Gasteiger partial charge is 0.478 e. The number of anilines is 2. The minimum absolute atomic E-state index is 0.0544. The van der Waals surface area contributed by atoms with Crippen molar-refractivity contribution in [3.8, 4) is 0 Å². The van der Waals surface area contributed by atoms with Gasteiger partial charge in [0.2, 0.25) is 5.91 Å². The average molecular weight is 692 g/mol. The molecule has 0 heterocycles. The highest BCUT2D eigenvalue weighted by atomic mass is 32.2. The van der Waals surface area contributed by atoms with Gasteiger partial charge in [0.05, 0.1) is 5.56 Å². The van der Waals surface area contributed by atoms with E-state index in [0.717, 1.165) is 27.5 Å². The highest BCUT2D eigenvalue weighted by molar-refractivity contribution is 8.00. The lowest BCUT2D eigenvalue weighted by molar-refractivity contribution is -0.116. The van der Waals surface area contributed by atoms with E-state index in [4.69, 9.17) is 0 Å². The van der Waals surface area contributed by atoms with E-state index in [1.807, 2.05) is 84.9 Å². The topological polar surface area (TPSA) is 125 Å². The minimum atomic E-state index is -1.09. The standard InChI is InChI=1S/C42H33N3O5S/c1-27-22-23-32(42(49)50)25-36(27)44-41(48)38(29-13-4-2-5-14-29)51-34-20-11-19-33(26-34)43-40(47)37(45-39(46)30-15-6-3-7-16-30)24-31-18-10-17-28-12-8-9-21-35(28)31/h2-26,38H,1H3,(H,43,47)(H,44,48)(H,45,46)(H,49,50)/b37-24+. The van der Waals surface area contributed by atoms with Crippen molar-refractivity contribution in [2.45, 2.75) is 17.1 Å². The van der Waals surface area contributed by atoms with Gasteiger partial charge in [-0.25, -0.2) is 4.79 Å². The number of fused-ring (bicyclic) bond motifs is 1. The first-order valence-electron chi connectivity index (χ1n) is 16.1. The van der Waals surface area contributed by atoms with Gasteiger partial charge < -0.3 is 21.1 Å². The molecule has 0 aliphatic heterocycles. The molecular formula is C42H33N3O5S. The summed E-state index contributed by atoms with van der Waals surface area (Å²) < 4.78 is 0. The number of carbonyl (C=O) groups excluding carboxylic acids is 3. The summed E-state index contributed by atoms with van der Waals surface area (Å²) in [5, 5.41) is 19.3. The van der Waals surface area contributed by atoms with Crippen LogP contribution < -0.4 is 16.0 Å². The van der Waals surface area contributed by atoms with Crippen molar-refractivity contribution in [2.24, 2.45) is 0 Å². The fourth-order valence-electron chi connectivity index (χ4n) is 5.44. The molecule has 1 atom stereocenters. The second-order valence-corrected chi connectivity index (χ2v) is 12.8. The monoisotopic (exact) mass is 691 g/mol. The first kappa shape index (κ1) is 34.4. The number of aromatic carboxylic acids is 1. The summed E-state index contributed by atoms with van der Waals surface area (Å²) in [6, 6.07) is 43.2. The van der Waals surface area contributed by atoms with Crippen LogP contribution in [-0.4, -0.2) is 28.8 Å². The maximum absolute atomic E-state index is 13.9. The zero-order valence-electron chi connectivity index (χ0n) is 27.5. The van der Waals surface area contributed by atoms with Crippen LogP contribution in [0.1, 0.15) is 42.7 Å². The number of hydrogen-bond donors (Lipinski definition) is 4. The molecule has 3 amide bonds. The van der Waals surface area contributed by atoms with Crippen LogP contribution >= 0.6 is 11.8 Å². The van der Waals surface area contributed by atoms with E-state index in [-0.39, 0.29) is 17.2 Å². The number of nitrogens with one attached hydrogen (secondary N) is 3. The quantitative estimate of drug-likeness (QED) is 0.0796. The second kappa shape index (κ2) is 15.8. The summed E-state index contributed by atoms with van der Waals surface area (Å²) in [5.41, 5.74) is 3.62. The second-order valence-electron chi connectivity index (χ2n) is 11.7. The molecule has 6 rings (SSSR count). The van der Waals surface area contributed by atoms with Gasteiger partial charge in [0.1, 0.15) is 10.9 Å². The summed E-state index contributed by atoms with van der Waals surface area (Å²) in [6.45, 7) is 1.79. The highest BCUT2D eigenvalue weighted by Crippen LogP contribution is 2.37. The Morgan fingerprint density at radius 1 is 0.686 bits per heavy atom. The molecule has 6 aromatic carbocycles. The molecule has 0 aromatic heterocycles. The Hall–Kier alpha value is -6.45. The molecule has 0 radical (unpaired) electrons. The molecule has 4 N–H and O–H groups in total. The maximum atomic E-state index is 13.9. The number of carboxylic acid groups (broad SMARTS) is 1. The van der Waals surface area contributed by atoms with E-state index < -0.39 is 23.0 Å². The highest BCUT2D eigenvalue weighted by Gasteiger charge is 2.24. The third-order valence-corrected chi connectivity index (χ3v) is 9.33. The lowest BCUT2D eigenvalue weighted by atomic mass is 10.0. The number of carbonyl (C=O) groups is 4. The van der Waals surface area contributed by atoms with Crippen molar-refractivity contribution >= 4 is 63.7 Å². The third-order valence-electron chi connectivity index (χ3n) is 8.08. The summed E-state index contributed by atoms with van der Waals surface area (Å²) in [5.74, 6) is -2.38. The SMILES string of the molecule is Cc1ccc(C(=O)O)cc1NC(=O)C(Sc1cccc(NC(=O)/C(=C\c2cccc3ccccc23)NC(=O)c2ccccc2)c1)c1ccccc1. The predicted molar refractivity (Wildman–Crippen MR) is 203 cm³/mol. The molecule has 0 fully saturated rings. The van der Waals surface area contributed by atoms with Gasteiger partial charge in [-0.15, -0.1) is 11.8 Å². The lowest BCUT2D eigenvalue weighted by Crippen LogP contribution is -2.30.